The molecule has 0 aromatic heterocycles. The van der Waals surface area contributed by atoms with Gasteiger partial charge in [-0.25, -0.2) is 0 Å². The van der Waals surface area contributed by atoms with Gasteiger partial charge in [-0.15, -0.1) is 11.8 Å². The first-order chi connectivity index (χ1) is 7.09. The van der Waals surface area contributed by atoms with Gasteiger partial charge in [0.2, 0.25) is 5.91 Å². The molecular formula is C11H16N2OS. The van der Waals surface area contributed by atoms with Gasteiger partial charge in [0.1, 0.15) is 0 Å². The van der Waals surface area contributed by atoms with Crippen LogP contribution in [0.3, 0.4) is 0 Å². The number of hydrogen-bond donors (Lipinski definition) is 2. The number of nitrogens with one attached hydrogen (secondary N) is 1. The molecular weight excluding hydrogens is 208 g/mol. The van der Waals surface area contributed by atoms with Gasteiger partial charge in [-0.3, -0.25) is 4.79 Å². The number of carbonyl (C=O) groups is 1. The van der Waals surface area contributed by atoms with E-state index in [1.54, 1.807) is 12.1 Å². The average Bonchev–Trinajstić information content (AvgIpc) is 2.18. The number of carbonyl (C=O) groups excluding carboxylic acids is 1. The molecule has 82 valence electrons. The molecule has 0 saturated heterocycles. The number of amides is 1. The first kappa shape index (κ1) is 11.9. The number of primary amides is 1. The Morgan fingerprint density at radius 1 is 1.40 bits per heavy atom. The second-order valence-corrected chi connectivity index (χ2v) is 5.04. The normalized spacial score (nSPS) is 10.3. The van der Waals surface area contributed by atoms with Crippen LogP contribution in [0.15, 0.2) is 24.3 Å². The Morgan fingerprint density at radius 2 is 2.00 bits per heavy atom. The van der Waals surface area contributed by atoms with Gasteiger partial charge >= 0.3 is 0 Å². The highest BCUT2D eigenvalue weighted by Gasteiger charge is 1.99. The van der Waals surface area contributed by atoms with Crippen LogP contribution in [0.25, 0.3) is 0 Å². The molecule has 0 aliphatic rings. The monoisotopic (exact) mass is 224 g/mol. The van der Waals surface area contributed by atoms with Crippen LogP contribution in [0.5, 0.6) is 0 Å². The van der Waals surface area contributed by atoms with Crippen molar-refractivity contribution in [1.29, 1.82) is 0 Å². The molecule has 1 aromatic carbocycles. The largest absolute Gasteiger partial charge is 0.376 e. The molecule has 0 fully saturated rings. The summed E-state index contributed by atoms with van der Waals surface area (Å²) in [6, 6.07) is 7.18. The summed E-state index contributed by atoms with van der Waals surface area (Å²) in [7, 11) is 0. The lowest BCUT2D eigenvalue weighted by Crippen LogP contribution is -2.10. The highest BCUT2D eigenvalue weighted by atomic mass is 32.2. The third-order valence-corrected chi connectivity index (χ3v) is 2.84. The van der Waals surface area contributed by atoms with Crippen molar-refractivity contribution < 1.29 is 4.79 Å². The molecule has 0 radical (unpaired) electrons. The van der Waals surface area contributed by atoms with E-state index in [-0.39, 0.29) is 0 Å². The molecule has 3 N–H and O–H groups in total. The zero-order valence-corrected chi connectivity index (χ0v) is 9.80. The van der Waals surface area contributed by atoms with E-state index in [9.17, 15) is 4.79 Å². The molecule has 4 heteroatoms. The molecule has 0 bridgehead atoms. The fourth-order valence-electron chi connectivity index (χ4n) is 1.04. The lowest BCUT2D eigenvalue weighted by molar-refractivity contribution is 0.100. The Morgan fingerprint density at radius 3 is 2.47 bits per heavy atom. The molecule has 0 atom stereocenters. The molecule has 0 aliphatic heterocycles. The molecule has 0 aliphatic carbocycles. The maximum absolute atomic E-state index is 10.8. The minimum Gasteiger partial charge on any atom is -0.376 e. The van der Waals surface area contributed by atoms with Crippen LogP contribution in [0.2, 0.25) is 0 Å². The number of thioether (sulfide) groups is 1. The summed E-state index contributed by atoms with van der Waals surface area (Å²) in [5.74, 6) is 0.478. The smallest absolute Gasteiger partial charge is 0.248 e. The Bertz CT molecular complexity index is 322. The van der Waals surface area contributed by atoms with E-state index in [1.807, 2.05) is 23.9 Å². The van der Waals surface area contributed by atoms with Crippen LogP contribution in [-0.4, -0.2) is 17.0 Å². The van der Waals surface area contributed by atoms with E-state index in [4.69, 9.17) is 5.73 Å². The first-order valence-corrected chi connectivity index (χ1v) is 5.90. The summed E-state index contributed by atoms with van der Waals surface area (Å²) in [6.07, 6.45) is 0. The van der Waals surface area contributed by atoms with E-state index in [1.165, 1.54) is 0 Å². The van der Waals surface area contributed by atoms with E-state index in [0.29, 0.717) is 10.8 Å². The first-order valence-electron chi connectivity index (χ1n) is 4.85. The fraction of sp³-hybridized carbons (Fsp3) is 0.364. The summed E-state index contributed by atoms with van der Waals surface area (Å²) >= 11 is 1.83. The molecule has 1 aromatic rings. The lowest BCUT2D eigenvalue weighted by atomic mass is 10.2. The predicted octanol–water partition coefficient (Wildman–Crippen LogP) is 2.30. The van der Waals surface area contributed by atoms with Gasteiger partial charge in [0, 0.05) is 16.5 Å². The van der Waals surface area contributed by atoms with E-state index >= 15 is 0 Å². The molecule has 0 spiro atoms. The van der Waals surface area contributed by atoms with Crippen molar-refractivity contribution in [2.24, 2.45) is 5.73 Å². The minimum absolute atomic E-state index is 0.391. The molecule has 0 saturated carbocycles. The van der Waals surface area contributed by atoms with Gasteiger partial charge in [-0.1, -0.05) is 13.8 Å². The Balaban J connectivity index is 2.46. The maximum Gasteiger partial charge on any atom is 0.248 e. The van der Waals surface area contributed by atoms with E-state index < -0.39 is 5.91 Å². The van der Waals surface area contributed by atoms with Crippen molar-refractivity contribution in [3.8, 4) is 0 Å². The van der Waals surface area contributed by atoms with Gasteiger partial charge in [0.15, 0.2) is 0 Å². The lowest BCUT2D eigenvalue weighted by Gasteiger charge is -2.08. The third kappa shape index (κ3) is 4.25. The second kappa shape index (κ2) is 5.66. The zero-order valence-electron chi connectivity index (χ0n) is 8.99. The predicted molar refractivity (Wildman–Crippen MR) is 66.2 cm³/mol. The maximum atomic E-state index is 10.8. The van der Waals surface area contributed by atoms with Crippen molar-refractivity contribution >= 4 is 23.4 Å². The average molecular weight is 224 g/mol. The van der Waals surface area contributed by atoms with Crippen molar-refractivity contribution in [3.05, 3.63) is 29.8 Å². The number of anilines is 1. The van der Waals surface area contributed by atoms with Crippen LogP contribution in [0, 0.1) is 0 Å². The van der Waals surface area contributed by atoms with Gasteiger partial charge in [0.05, 0.1) is 5.88 Å². The zero-order chi connectivity index (χ0) is 11.3. The standard InChI is InChI=1S/C11H16N2OS/c1-8(2)15-7-13-10-5-3-9(4-6-10)11(12)14/h3-6,8,13H,7H2,1-2H3,(H2,12,14). The van der Waals surface area contributed by atoms with Crippen LogP contribution < -0.4 is 11.1 Å². The van der Waals surface area contributed by atoms with Crippen molar-refractivity contribution in [2.75, 3.05) is 11.2 Å². The molecule has 1 amide bonds. The van der Waals surface area contributed by atoms with E-state index in [0.717, 1.165) is 11.6 Å². The summed E-state index contributed by atoms with van der Waals surface area (Å²) in [5.41, 5.74) is 6.69. The number of nitrogens with two attached hydrogens (primary N) is 1. The summed E-state index contributed by atoms with van der Waals surface area (Å²) in [5, 5.41) is 3.87. The number of benzene rings is 1. The van der Waals surface area contributed by atoms with Crippen molar-refractivity contribution in [2.45, 2.75) is 19.1 Å². The van der Waals surface area contributed by atoms with Gasteiger partial charge in [-0.05, 0) is 24.3 Å². The van der Waals surface area contributed by atoms with Gasteiger partial charge in [0.25, 0.3) is 0 Å². The quantitative estimate of drug-likeness (QED) is 0.754. The van der Waals surface area contributed by atoms with E-state index in [2.05, 4.69) is 19.2 Å². The Kier molecular flexibility index (Phi) is 4.49. The third-order valence-electron chi connectivity index (χ3n) is 1.86. The van der Waals surface area contributed by atoms with Crippen LogP contribution in [0.4, 0.5) is 5.69 Å². The van der Waals surface area contributed by atoms with Gasteiger partial charge < -0.3 is 11.1 Å². The highest BCUT2D eigenvalue weighted by molar-refractivity contribution is 7.99. The fourth-order valence-corrected chi connectivity index (χ4v) is 1.63. The molecule has 1 rings (SSSR count). The van der Waals surface area contributed by atoms with Gasteiger partial charge in [-0.2, -0.15) is 0 Å². The topological polar surface area (TPSA) is 55.1 Å². The number of rotatable bonds is 5. The molecule has 3 nitrogen and oxygen atoms in total. The summed E-state index contributed by atoms with van der Waals surface area (Å²) in [4.78, 5) is 10.8. The second-order valence-electron chi connectivity index (χ2n) is 3.48. The highest BCUT2D eigenvalue weighted by Crippen LogP contribution is 2.13. The van der Waals surface area contributed by atoms with Crippen LogP contribution in [0.1, 0.15) is 24.2 Å². The Labute approximate surface area is 94.4 Å². The minimum atomic E-state index is -0.391. The molecule has 0 heterocycles. The summed E-state index contributed by atoms with van der Waals surface area (Å²) < 4.78 is 0. The SMILES string of the molecule is CC(C)SCNc1ccc(C(N)=O)cc1. The molecule has 0 unspecified atom stereocenters. The van der Waals surface area contributed by atoms with Crippen molar-refractivity contribution in [3.63, 3.8) is 0 Å². The molecule has 15 heavy (non-hydrogen) atoms. The van der Waals surface area contributed by atoms with Crippen LogP contribution >= 0.6 is 11.8 Å². The van der Waals surface area contributed by atoms with Crippen molar-refractivity contribution in [1.82, 2.24) is 0 Å². The van der Waals surface area contributed by atoms with Crippen LogP contribution in [-0.2, 0) is 0 Å². The number of hydrogen-bond acceptors (Lipinski definition) is 3. The Hall–Kier alpha value is -1.16. The summed E-state index contributed by atoms with van der Waals surface area (Å²) in [6.45, 7) is 4.31.